The lowest BCUT2D eigenvalue weighted by Crippen LogP contribution is -2.16. The van der Waals surface area contributed by atoms with Crippen LogP contribution >= 0.6 is 0 Å². The molecule has 0 radical (unpaired) electrons. The molecule has 0 aliphatic rings. The second kappa shape index (κ2) is 6.72. The molecule has 1 N–H and O–H groups in total. The van der Waals surface area contributed by atoms with Crippen LogP contribution in [0.5, 0.6) is 5.75 Å². The van der Waals surface area contributed by atoms with Crippen LogP contribution in [0.4, 0.5) is 0 Å². The maximum Gasteiger partial charge on any atom is 0.307 e. The zero-order valence-corrected chi connectivity index (χ0v) is 14.1. The number of ether oxygens (including phenoxy) is 1. The average Bonchev–Trinajstić information content (AvgIpc) is 3.12. The molecule has 128 valence electrons. The molecule has 1 amide bonds. The highest BCUT2D eigenvalue weighted by Crippen LogP contribution is 2.28. The fourth-order valence-corrected chi connectivity index (χ4v) is 2.89. The first kappa shape index (κ1) is 15.9. The smallest absolute Gasteiger partial charge is 0.307 e. The standard InChI is InChI=1S/C21H16N2O3/c1-25-18-11-5-8-15-12-19(26-20(15)18)21(24)23-22-13-16-9-4-7-14-6-2-3-10-17(14)16/h2-13H,1H3,(H,23,24)/b22-13-. The van der Waals surface area contributed by atoms with Crippen LogP contribution in [-0.4, -0.2) is 19.2 Å². The molecule has 26 heavy (non-hydrogen) atoms. The molecule has 0 aliphatic carbocycles. The molecule has 4 rings (SSSR count). The Morgan fingerprint density at radius 1 is 1.04 bits per heavy atom. The average molecular weight is 344 g/mol. The Morgan fingerprint density at radius 2 is 1.81 bits per heavy atom. The van der Waals surface area contributed by atoms with Crippen molar-refractivity contribution < 1.29 is 13.9 Å². The molecule has 0 atom stereocenters. The third kappa shape index (κ3) is 2.91. The van der Waals surface area contributed by atoms with Crippen LogP contribution in [-0.2, 0) is 0 Å². The number of methoxy groups -OCH3 is 1. The Morgan fingerprint density at radius 3 is 2.69 bits per heavy atom. The Balaban J connectivity index is 1.56. The van der Waals surface area contributed by atoms with Crippen LogP contribution in [0.25, 0.3) is 21.7 Å². The number of furan rings is 1. The van der Waals surface area contributed by atoms with Crippen LogP contribution < -0.4 is 10.2 Å². The number of nitrogens with zero attached hydrogens (tertiary/aromatic N) is 1. The number of carbonyl (C=O) groups is 1. The predicted octanol–water partition coefficient (Wildman–Crippen LogP) is 4.36. The number of rotatable bonds is 4. The summed E-state index contributed by atoms with van der Waals surface area (Å²) in [5.74, 6) is 0.347. The summed E-state index contributed by atoms with van der Waals surface area (Å²) >= 11 is 0. The molecule has 0 unspecified atom stereocenters. The third-order valence-corrected chi connectivity index (χ3v) is 4.14. The molecule has 0 bridgehead atoms. The summed E-state index contributed by atoms with van der Waals surface area (Å²) < 4.78 is 10.9. The van der Waals surface area contributed by atoms with E-state index >= 15 is 0 Å². The lowest BCUT2D eigenvalue weighted by atomic mass is 10.1. The fourth-order valence-electron chi connectivity index (χ4n) is 2.89. The zero-order chi connectivity index (χ0) is 17.9. The van der Waals surface area contributed by atoms with Crippen LogP contribution in [0.3, 0.4) is 0 Å². The van der Waals surface area contributed by atoms with Gasteiger partial charge in [-0.15, -0.1) is 0 Å². The third-order valence-electron chi connectivity index (χ3n) is 4.14. The van der Waals surface area contributed by atoms with Crippen molar-refractivity contribution in [1.29, 1.82) is 0 Å². The van der Waals surface area contributed by atoms with Gasteiger partial charge in [0.25, 0.3) is 0 Å². The molecule has 1 aromatic heterocycles. The van der Waals surface area contributed by atoms with Crippen molar-refractivity contribution in [2.24, 2.45) is 5.10 Å². The van der Waals surface area contributed by atoms with Gasteiger partial charge in [-0.1, -0.05) is 54.6 Å². The van der Waals surface area contributed by atoms with Gasteiger partial charge in [-0.3, -0.25) is 4.79 Å². The number of carbonyl (C=O) groups excluding carboxylic acids is 1. The highest BCUT2D eigenvalue weighted by molar-refractivity contribution is 6.01. The number of hydrogen-bond acceptors (Lipinski definition) is 4. The van der Waals surface area contributed by atoms with Crippen molar-refractivity contribution in [3.63, 3.8) is 0 Å². The van der Waals surface area contributed by atoms with Crippen LogP contribution in [0.2, 0.25) is 0 Å². The van der Waals surface area contributed by atoms with Crippen molar-refractivity contribution in [3.8, 4) is 5.75 Å². The lowest BCUT2D eigenvalue weighted by molar-refractivity contribution is 0.0929. The summed E-state index contributed by atoms with van der Waals surface area (Å²) in [6, 6.07) is 21.1. The topological polar surface area (TPSA) is 63.8 Å². The summed E-state index contributed by atoms with van der Waals surface area (Å²) in [6.07, 6.45) is 1.63. The van der Waals surface area contributed by atoms with E-state index in [4.69, 9.17) is 9.15 Å². The first-order valence-corrected chi connectivity index (χ1v) is 8.14. The maximum absolute atomic E-state index is 12.3. The van der Waals surface area contributed by atoms with Crippen molar-refractivity contribution in [2.75, 3.05) is 7.11 Å². The molecule has 1 heterocycles. The molecule has 0 spiro atoms. The minimum atomic E-state index is -0.417. The normalized spacial score (nSPS) is 11.3. The van der Waals surface area contributed by atoms with E-state index in [9.17, 15) is 4.79 Å². The van der Waals surface area contributed by atoms with Crippen molar-refractivity contribution in [3.05, 3.63) is 78.1 Å². The predicted molar refractivity (Wildman–Crippen MR) is 102 cm³/mol. The Labute approximate surface area is 149 Å². The van der Waals surface area contributed by atoms with Gasteiger partial charge in [0.1, 0.15) is 0 Å². The lowest BCUT2D eigenvalue weighted by Gasteiger charge is -2.01. The van der Waals surface area contributed by atoms with Crippen LogP contribution in [0.1, 0.15) is 16.1 Å². The van der Waals surface area contributed by atoms with Gasteiger partial charge in [0.15, 0.2) is 17.1 Å². The molecular formula is C21H16N2O3. The van der Waals surface area contributed by atoms with Gasteiger partial charge in [-0.25, -0.2) is 5.43 Å². The van der Waals surface area contributed by atoms with Gasteiger partial charge in [0.2, 0.25) is 0 Å². The van der Waals surface area contributed by atoms with E-state index in [1.165, 1.54) is 0 Å². The maximum atomic E-state index is 12.3. The molecule has 0 aliphatic heterocycles. The number of nitrogens with one attached hydrogen (secondary N) is 1. The Bertz CT molecular complexity index is 1120. The molecule has 3 aromatic carbocycles. The second-order valence-corrected chi connectivity index (χ2v) is 5.76. The van der Waals surface area contributed by atoms with E-state index in [0.29, 0.717) is 11.3 Å². The molecule has 0 fully saturated rings. The first-order chi connectivity index (χ1) is 12.8. The highest BCUT2D eigenvalue weighted by atomic mass is 16.5. The molecule has 5 heteroatoms. The summed E-state index contributed by atoms with van der Waals surface area (Å²) in [4.78, 5) is 12.3. The van der Waals surface area contributed by atoms with Gasteiger partial charge in [0, 0.05) is 10.9 Å². The van der Waals surface area contributed by atoms with E-state index in [2.05, 4.69) is 10.5 Å². The number of para-hydroxylation sites is 1. The summed E-state index contributed by atoms with van der Waals surface area (Å²) in [6.45, 7) is 0. The molecular weight excluding hydrogens is 328 g/mol. The van der Waals surface area contributed by atoms with Crippen molar-refractivity contribution in [2.45, 2.75) is 0 Å². The number of fused-ring (bicyclic) bond motifs is 2. The van der Waals surface area contributed by atoms with E-state index in [1.54, 1.807) is 25.5 Å². The first-order valence-electron chi connectivity index (χ1n) is 8.14. The zero-order valence-electron chi connectivity index (χ0n) is 14.1. The molecule has 0 saturated heterocycles. The SMILES string of the molecule is COc1cccc2cc(C(=O)N/N=C\c3cccc4ccccc34)oc12. The summed E-state index contributed by atoms with van der Waals surface area (Å²) in [5, 5.41) is 7.05. The van der Waals surface area contributed by atoms with E-state index in [0.717, 1.165) is 21.7 Å². The minimum absolute atomic E-state index is 0.180. The van der Waals surface area contributed by atoms with Gasteiger partial charge in [-0.2, -0.15) is 5.10 Å². The number of hydrazone groups is 1. The minimum Gasteiger partial charge on any atom is -0.493 e. The van der Waals surface area contributed by atoms with Crippen LogP contribution in [0.15, 0.2) is 76.2 Å². The molecule has 5 nitrogen and oxygen atoms in total. The van der Waals surface area contributed by atoms with Crippen molar-refractivity contribution in [1.82, 2.24) is 5.43 Å². The number of benzene rings is 3. The quantitative estimate of drug-likeness (QED) is 0.442. The van der Waals surface area contributed by atoms with E-state index in [-0.39, 0.29) is 5.76 Å². The monoisotopic (exact) mass is 344 g/mol. The molecule has 4 aromatic rings. The Kier molecular flexibility index (Phi) is 4.11. The highest BCUT2D eigenvalue weighted by Gasteiger charge is 2.14. The Hall–Kier alpha value is -3.60. The van der Waals surface area contributed by atoms with Gasteiger partial charge < -0.3 is 9.15 Å². The van der Waals surface area contributed by atoms with Gasteiger partial charge in [-0.05, 0) is 22.9 Å². The van der Waals surface area contributed by atoms with Gasteiger partial charge in [0.05, 0.1) is 13.3 Å². The van der Waals surface area contributed by atoms with Crippen molar-refractivity contribution >= 4 is 33.9 Å². The molecule has 0 saturated carbocycles. The number of amides is 1. The summed E-state index contributed by atoms with van der Waals surface area (Å²) in [5.41, 5.74) is 3.97. The fraction of sp³-hybridized carbons (Fsp3) is 0.0476. The van der Waals surface area contributed by atoms with E-state index < -0.39 is 5.91 Å². The van der Waals surface area contributed by atoms with Crippen LogP contribution in [0, 0.1) is 0 Å². The summed E-state index contributed by atoms with van der Waals surface area (Å²) in [7, 11) is 1.56. The van der Waals surface area contributed by atoms with Gasteiger partial charge >= 0.3 is 5.91 Å². The largest absolute Gasteiger partial charge is 0.493 e. The second-order valence-electron chi connectivity index (χ2n) is 5.76. The number of hydrogen-bond donors (Lipinski definition) is 1. The van der Waals surface area contributed by atoms with E-state index in [1.807, 2.05) is 54.6 Å².